The van der Waals surface area contributed by atoms with E-state index in [1.165, 1.54) is 12.1 Å². The summed E-state index contributed by atoms with van der Waals surface area (Å²) in [7, 11) is 0. The molecule has 4 heteroatoms. The van der Waals surface area contributed by atoms with Crippen LogP contribution >= 0.6 is 0 Å². The molecule has 0 bridgehead atoms. The first-order chi connectivity index (χ1) is 8.69. The van der Waals surface area contributed by atoms with Gasteiger partial charge in [-0.2, -0.15) is 0 Å². The second kappa shape index (κ2) is 6.15. The Labute approximate surface area is 114 Å². The molecule has 0 aliphatic rings. The molecule has 106 valence electrons. The van der Waals surface area contributed by atoms with E-state index >= 15 is 0 Å². The predicted octanol–water partition coefficient (Wildman–Crippen LogP) is 2.77. The lowest BCUT2D eigenvalue weighted by atomic mass is 9.94. The lowest BCUT2D eigenvalue weighted by Crippen LogP contribution is -2.41. The van der Waals surface area contributed by atoms with Crippen molar-refractivity contribution >= 4 is 5.91 Å². The molecule has 0 fully saturated rings. The van der Waals surface area contributed by atoms with Crippen molar-refractivity contribution in [2.24, 2.45) is 11.7 Å². The molecule has 0 spiro atoms. The predicted molar refractivity (Wildman–Crippen MR) is 75.0 cm³/mol. The monoisotopic (exact) mass is 266 g/mol. The summed E-state index contributed by atoms with van der Waals surface area (Å²) in [6, 6.07) is 6.09. The Kier molecular flexibility index (Phi) is 5.06. The van der Waals surface area contributed by atoms with Crippen molar-refractivity contribution in [3.05, 3.63) is 35.6 Å². The highest BCUT2D eigenvalue weighted by molar-refractivity contribution is 5.77. The number of carbonyl (C=O) groups is 1. The number of rotatable bonds is 5. The van der Waals surface area contributed by atoms with Crippen molar-refractivity contribution < 1.29 is 9.18 Å². The van der Waals surface area contributed by atoms with Crippen molar-refractivity contribution in [2.75, 3.05) is 0 Å². The summed E-state index contributed by atoms with van der Waals surface area (Å²) in [5.74, 6) is -0.147. The quantitative estimate of drug-likeness (QED) is 0.861. The number of nitrogens with two attached hydrogens (primary N) is 1. The van der Waals surface area contributed by atoms with E-state index in [1.54, 1.807) is 12.1 Å². The van der Waals surface area contributed by atoms with Crippen LogP contribution in [0, 0.1) is 11.7 Å². The Balaban J connectivity index is 2.79. The van der Waals surface area contributed by atoms with Gasteiger partial charge < -0.3 is 11.1 Å². The minimum Gasteiger partial charge on any atom is -0.349 e. The summed E-state index contributed by atoms with van der Waals surface area (Å²) in [6.07, 6.45) is 0.261. The maximum Gasteiger partial charge on any atom is 0.222 e. The van der Waals surface area contributed by atoms with Crippen molar-refractivity contribution in [3.8, 4) is 0 Å². The van der Waals surface area contributed by atoms with E-state index in [1.807, 2.05) is 27.7 Å². The standard InChI is InChI=1S/C15H23FN2O/c1-10(2)14(11-5-7-12(16)8-6-11)18-13(19)9-15(3,4)17/h5-8,10,14H,9,17H2,1-4H3,(H,18,19). The SMILES string of the molecule is CC(C)C(NC(=O)CC(C)(C)N)c1ccc(F)cc1. The third-order valence-corrected chi connectivity index (χ3v) is 2.83. The highest BCUT2D eigenvalue weighted by Crippen LogP contribution is 2.22. The van der Waals surface area contributed by atoms with Crippen LogP contribution in [0.15, 0.2) is 24.3 Å². The zero-order valence-electron chi connectivity index (χ0n) is 12.0. The Hall–Kier alpha value is -1.42. The zero-order chi connectivity index (χ0) is 14.6. The minimum absolute atomic E-state index is 0.0875. The molecule has 1 aromatic carbocycles. The fourth-order valence-corrected chi connectivity index (χ4v) is 1.94. The maximum absolute atomic E-state index is 12.9. The third-order valence-electron chi connectivity index (χ3n) is 2.83. The molecule has 1 rings (SSSR count). The number of nitrogens with one attached hydrogen (secondary N) is 1. The topological polar surface area (TPSA) is 55.1 Å². The molecular weight excluding hydrogens is 243 g/mol. The molecule has 1 amide bonds. The smallest absolute Gasteiger partial charge is 0.222 e. The van der Waals surface area contributed by atoms with Gasteiger partial charge in [-0.25, -0.2) is 4.39 Å². The van der Waals surface area contributed by atoms with Crippen LogP contribution in [0.5, 0.6) is 0 Å². The van der Waals surface area contributed by atoms with Crippen LogP contribution in [0.4, 0.5) is 4.39 Å². The van der Waals surface area contributed by atoms with Gasteiger partial charge in [0.2, 0.25) is 5.91 Å². The molecule has 0 aliphatic carbocycles. The van der Waals surface area contributed by atoms with Crippen LogP contribution in [-0.2, 0) is 4.79 Å². The van der Waals surface area contributed by atoms with E-state index in [-0.39, 0.29) is 30.1 Å². The Morgan fingerprint density at radius 1 is 1.32 bits per heavy atom. The Morgan fingerprint density at radius 2 is 1.84 bits per heavy atom. The van der Waals surface area contributed by atoms with Crippen LogP contribution in [0.25, 0.3) is 0 Å². The molecule has 0 saturated carbocycles. The Morgan fingerprint density at radius 3 is 2.26 bits per heavy atom. The fraction of sp³-hybridized carbons (Fsp3) is 0.533. The van der Waals surface area contributed by atoms with Gasteiger partial charge in [0.05, 0.1) is 6.04 Å². The fourth-order valence-electron chi connectivity index (χ4n) is 1.94. The number of hydrogen-bond acceptors (Lipinski definition) is 2. The number of amides is 1. The van der Waals surface area contributed by atoms with Gasteiger partial charge in [-0.05, 0) is 37.5 Å². The van der Waals surface area contributed by atoms with Crippen LogP contribution in [0.2, 0.25) is 0 Å². The average molecular weight is 266 g/mol. The molecule has 1 unspecified atom stereocenters. The molecule has 0 aliphatic heterocycles. The maximum atomic E-state index is 12.9. The van der Waals surface area contributed by atoms with E-state index in [0.29, 0.717) is 0 Å². The van der Waals surface area contributed by atoms with E-state index in [4.69, 9.17) is 5.73 Å². The first kappa shape index (κ1) is 15.6. The van der Waals surface area contributed by atoms with Gasteiger partial charge >= 0.3 is 0 Å². The summed E-state index contributed by atoms with van der Waals surface area (Å²) in [4.78, 5) is 11.9. The second-order valence-electron chi connectivity index (χ2n) is 6.01. The first-order valence-electron chi connectivity index (χ1n) is 6.53. The van der Waals surface area contributed by atoms with Crippen LogP contribution in [0.1, 0.15) is 45.7 Å². The molecule has 3 nitrogen and oxygen atoms in total. The van der Waals surface area contributed by atoms with E-state index < -0.39 is 5.54 Å². The molecule has 19 heavy (non-hydrogen) atoms. The summed E-state index contributed by atoms with van der Waals surface area (Å²) in [5.41, 5.74) is 6.21. The van der Waals surface area contributed by atoms with Gasteiger partial charge in [-0.15, -0.1) is 0 Å². The summed E-state index contributed by atoms with van der Waals surface area (Å²) in [6.45, 7) is 7.66. The van der Waals surface area contributed by atoms with Crippen molar-refractivity contribution in [1.29, 1.82) is 0 Å². The number of carbonyl (C=O) groups excluding carboxylic acids is 1. The first-order valence-corrected chi connectivity index (χ1v) is 6.53. The van der Waals surface area contributed by atoms with Gasteiger partial charge in [0, 0.05) is 12.0 Å². The van der Waals surface area contributed by atoms with Crippen LogP contribution in [0.3, 0.4) is 0 Å². The molecule has 0 aromatic heterocycles. The normalized spacial score (nSPS) is 13.4. The molecule has 1 atom stereocenters. The van der Waals surface area contributed by atoms with Gasteiger partial charge in [-0.1, -0.05) is 26.0 Å². The lowest BCUT2D eigenvalue weighted by Gasteiger charge is -2.25. The summed E-state index contributed by atoms with van der Waals surface area (Å²) in [5, 5.41) is 2.97. The van der Waals surface area contributed by atoms with E-state index in [2.05, 4.69) is 5.32 Å². The van der Waals surface area contributed by atoms with E-state index in [0.717, 1.165) is 5.56 Å². The van der Waals surface area contributed by atoms with Gasteiger partial charge in [0.25, 0.3) is 0 Å². The number of halogens is 1. The average Bonchev–Trinajstić information content (AvgIpc) is 2.24. The lowest BCUT2D eigenvalue weighted by molar-refractivity contribution is -0.123. The van der Waals surface area contributed by atoms with Crippen LogP contribution in [-0.4, -0.2) is 11.4 Å². The van der Waals surface area contributed by atoms with Gasteiger partial charge in [0.15, 0.2) is 0 Å². The van der Waals surface area contributed by atoms with Gasteiger partial charge in [-0.3, -0.25) is 4.79 Å². The van der Waals surface area contributed by atoms with E-state index in [9.17, 15) is 9.18 Å². The highest BCUT2D eigenvalue weighted by Gasteiger charge is 2.22. The summed E-state index contributed by atoms with van der Waals surface area (Å²) >= 11 is 0. The van der Waals surface area contributed by atoms with Crippen molar-refractivity contribution in [3.63, 3.8) is 0 Å². The molecular formula is C15H23FN2O. The number of hydrogen-bond donors (Lipinski definition) is 2. The summed E-state index contributed by atoms with van der Waals surface area (Å²) < 4.78 is 12.9. The largest absolute Gasteiger partial charge is 0.349 e. The zero-order valence-corrected chi connectivity index (χ0v) is 12.0. The second-order valence-corrected chi connectivity index (χ2v) is 6.01. The molecule has 1 aromatic rings. The van der Waals surface area contributed by atoms with Crippen molar-refractivity contribution in [1.82, 2.24) is 5.32 Å². The van der Waals surface area contributed by atoms with Crippen molar-refractivity contribution in [2.45, 2.75) is 45.7 Å². The van der Waals surface area contributed by atoms with Crippen LogP contribution < -0.4 is 11.1 Å². The third kappa shape index (κ3) is 5.39. The molecule has 0 radical (unpaired) electrons. The highest BCUT2D eigenvalue weighted by atomic mass is 19.1. The van der Waals surface area contributed by atoms with Gasteiger partial charge in [0.1, 0.15) is 5.82 Å². The molecule has 3 N–H and O–H groups in total. The molecule has 0 saturated heterocycles. The minimum atomic E-state index is -0.533. The number of benzene rings is 1. The Bertz CT molecular complexity index is 421. The molecule has 0 heterocycles.